The lowest BCUT2D eigenvalue weighted by Crippen LogP contribution is -1.97. The molecule has 1 atom stereocenters. The molecule has 68 valence electrons. The zero-order valence-electron chi connectivity index (χ0n) is 7.76. The first kappa shape index (κ1) is 9.30. The third-order valence-electron chi connectivity index (χ3n) is 2.54. The van der Waals surface area contributed by atoms with E-state index in [1.807, 2.05) is 0 Å². The Bertz CT molecular complexity index is 216. The second kappa shape index (κ2) is 3.74. The Morgan fingerprint density at radius 2 is 2.17 bits per heavy atom. The van der Waals surface area contributed by atoms with E-state index < -0.39 is 0 Å². The van der Waals surface area contributed by atoms with Gasteiger partial charge < -0.3 is 5.11 Å². The fourth-order valence-corrected chi connectivity index (χ4v) is 1.46. The van der Waals surface area contributed by atoms with Crippen molar-refractivity contribution in [2.45, 2.75) is 39.5 Å². The number of hydrogen-bond donors (Lipinski definition) is 1. The third-order valence-corrected chi connectivity index (χ3v) is 2.54. The van der Waals surface area contributed by atoms with Crippen molar-refractivity contribution in [3.63, 3.8) is 0 Å². The molecule has 0 fully saturated rings. The monoisotopic (exact) mass is 168 g/mol. The molecule has 12 heavy (non-hydrogen) atoms. The average Bonchev–Trinajstić information content (AvgIpc) is 2.36. The molecule has 1 rings (SSSR count). The predicted molar refractivity (Wildman–Crippen MR) is 48.0 cm³/mol. The van der Waals surface area contributed by atoms with Crippen LogP contribution in [0.2, 0.25) is 0 Å². The second-order valence-corrected chi connectivity index (χ2v) is 3.59. The van der Waals surface area contributed by atoms with Crippen LogP contribution in [-0.2, 0) is 4.79 Å². The van der Waals surface area contributed by atoms with E-state index in [9.17, 15) is 9.90 Å². The summed E-state index contributed by atoms with van der Waals surface area (Å²) in [4.78, 5) is 10.9. The Hall–Kier alpha value is -0.790. The van der Waals surface area contributed by atoms with Crippen LogP contribution < -0.4 is 0 Å². The molecule has 0 aromatic rings. The Morgan fingerprint density at radius 3 is 2.58 bits per heavy atom. The highest BCUT2D eigenvalue weighted by atomic mass is 16.3. The van der Waals surface area contributed by atoms with Crippen LogP contribution in [-0.4, -0.2) is 10.9 Å². The fraction of sp³-hybridized carbons (Fsp3) is 0.700. The molecule has 0 bridgehead atoms. The molecule has 0 radical (unpaired) electrons. The summed E-state index contributed by atoms with van der Waals surface area (Å²) in [5.41, 5.74) is 0.967. The summed E-state index contributed by atoms with van der Waals surface area (Å²) < 4.78 is 0. The summed E-state index contributed by atoms with van der Waals surface area (Å²) in [6.45, 7) is 4.27. The molecule has 0 aromatic carbocycles. The van der Waals surface area contributed by atoms with Crippen LogP contribution in [0.25, 0.3) is 0 Å². The minimum Gasteiger partial charge on any atom is -0.504 e. The first-order valence-corrected chi connectivity index (χ1v) is 4.59. The second-order valence-electron chi connectivity index (χ2n) is 3.59. The molecular weight excluding hydrogens is 152 g/mol. The van der Waals surface area contributed by atoms with E-state index in [4.69, 9.17) is 0 Å². The van der Waals surface area contributed by atoms with Crippen LogP contribution in [0.4, 0.5) is 0 Å². The summed E-state index contributed by atoms with van der Waals surface area (Å²) in [5.74, 6) is 0.552. The van der Waals surface area contributed by atoms with E-state index in [1.54, 1.807) is 0 Å². The lowest BCUT2D eigenvalue weighted by molar-refractivity contribution is -0.117. The van der Waals surface area contributed by atoms with E-state index in [2.05, 4.69) is 13.8 Å². The van der Waals surface area contributed by atoms with E-state index in [1.165, 1.54) is 0 Å². The SMILES string of the molecule is CCC(C)CC1=C(O)C(=O)CC1. The molecule has 2 nitrogen and oxygen atoms in total. The highest BCUT2D eigenvalue weighted by Crippen LogP contribution is 2.27. The van der Waals surface area contributed by atoms with Gasteiger partial charge in [-0.05, 0) is 24.3 Å². The highest BCUT2D eigenvalue weighted by Gasteiger charge is 2.22. The van der Waals surface area contributed by atoms with E-state index in [0.29, 0.717) is 12.3 Å². The Balaban J connectivity index is 2.58. The largest absolute Gasteiger partial charge is 0.504 e. The Kier molecular flexibility index (Phi) is 2.90. The van der Waals surface area contributed by atoms with Gasteiger partial charge in [0.05, 0.1) is 0 Å². The molecule has 0 spiro atoms. The van der Waals surface area contributed by atoms with Crippen molar-refractivity contribution in [2.75, 3.05) is 0 Å². The van der Waals surface area contributed by atoms with Gasteiger partial charge in [0, 0.05) is 6.42 Å². The van der Waals surface area contributed by atoms with Crippen molar-refractivity contribution in [3.8, 4) is 0 Å². The van der Waals surface area contributed by atoms with Crippen molar-refractivity contribution in [3.05, 3.63) is 11.3 Å². The zero-order chi connectivity index (χ0) is 9.14. The average molecular weight is 168 g/mol. The maximum Gasteiger partial charge on any atom is 0.197 e. The number of rotatable bonds is 3. The van der Waals surface area contributed by atoms with E-state index >= 15 is 0 Å². The van der Waals surface area contributed by atoms with Gasteiger partial charge in [0.15, 0.2) is 11.5 Å². The number of carbonyl (C=O) groups is 1. The molecule has 0 saturated heterocycles. The lowest BCUT2D eigenvalue weighted by Gasteiger charge is -2.08. The normalized spacial score (nSPS) is 20.3. The number of carbonyl (C=O) groups excluding carboxylic acids is 1. The number of aliphatic hydroxyl groups excluding tert-OH is 1. The quantitative estimate of drug-likeness (QED) is 0.703. The summed E-state index contributed by atoms with van der Waals surface area (Å²) in [7, 11) is 0. The Morgan fingerprint density at radius 1 is 1.50 bits per heavy atom. The minimum absolute atomic E-state index is 0.0512. The summed E-state index contributed by atoms with van der Waals surface area (Å²) >= 11 is 0. The van der Waals surface area contributed by atoms with E-state index in [0.717, 1.165) is 24.8 Å². The molecule has 0 aromatic heterocycles. The highest BCUT2D eigenvalue weighted by molar-refractivity contribution is 5.96. The summed E-state index contributed by atoms with van der Waals surface area (Å²) in [6, 6.07) is 0. The maximum absolute atomic E-state index is 10.9. The van der Waals surface area contributed by atoms with Crippen molar-refractivity contribution in [2.24, 2.45) is 5.92 Å². The van der Waals surface area contributed by atoms with Gasteiger partial charge in [0.25, 0.3) is 0 Å². The van der Waals surface area contributed by atoms with Crippen LogP contribution in [0.1, 0.15) is 39.5 Å². The van der Waals surface area contributed by atoms with Crippen molar-refractivity contribution >= 4 is 5.78 Å². The van der Waals surface area contributed by atoms with Crippen LogP contribution >= 0.6 is 0 Å². The maximum atomic E-state index is 10.9. The molecule has 1 unspecified atom stereocenters. The first-order valence-electron chi connectivity index (χ1n) is 4.59. The number of aliphatic hydroxyl groups is 1. The molecule has 0 saturated carbocycles. The third kappa shape index (κ3) is 1.87. The fourth-order valence-electron chi connectivity index (χ4n) is 1.46. The lowest BCUT2D eigenvalue weighted by atomic mass is 9.98. The number of hydrogen-bond acceptors (Lipinski definition) is 2. The van der Waals surface area contributed by atoms with E-state index in [-0.39, 0.29) is 11.5 Å². The van der Waals surface area contributed by atoms with Crippen molar-refractivity contribution in [1.82, 2.24) is 0 Å². The zero-order valence-corrected chi connectivity index (χ0v) is 7.76. The standard InChI is InChI=1S/C10H16O2/c1-3-7(2)6-8-4-5-9(11)10(8)12/h7,12H,3-6H2,1-2H3. The topological polar surface area (TPSA) is 37.3 Å². The Labute approximate surface area is 73.3 Å². The smallest absolute Gasteiger partial charge is 0.197 e. The van der Waals surface area contributed by atoms with Crippen LogP contribution in [0, 0.1) is 5.92 Å². The molecule has 1 aliphatic rings. The molecule has 2 heteroatoms. The number of ketones is 1. The summed E-state index contributed by atoms with van der Waals surface area (Å²) in [6.07, 6.45) is 3.27. The van der Waals surface area contributed by atoms with Crippen LogP contribution in [0.3, 0.4) is 0 Å². The van der Waals surface area contributed by atoms with Crippen LogP contribution in [0.5, 0.6) is 0 Å². The van der Waals surface area contributed by atoms with Crippen molar-refractivity contribution < 1.29 is 9.90 Å². The number of Topliss-reactive ketones (excluding diaryl/α,β-unsaturated/α-hetero) is 1. The van der Waals surface area contributed by atoms with Crippen LogP contribution in [0.15, 0.2) is 11.3 Å². The van der Waals surface area contributed by atoms with Crippen molar-refractivity contribution in [1.29, 1.82) is 0 Å². The van der Waals surface area contributed by atoms with Gasteiger partial charge in [0.2, 0.25) is 0 Å². The molecule has 1 aliphatic carbocycles. The molecular formula is C10H16O2. The molecule has 0 heterocycles. The number of allylic oxidation sites excluding steroid dienone is 2. The minimum atomic E-state index is -0.0756. The predicted octanol–water partition coefficient (Wildman–Crippen LogP) is 2.60. The van der Waals surface area contributed by atoms with Gasteiger partial charge in [-0.1, -0.05) is 20.3 Å². The molecule has 0 amide bonds. The summed E-state index contributed by atoms with van der Waals surface area (Å²) in [5, 5.41) is 9.33. The van der Waals surface area contributed by atoms with Gasteiger partial charge in [-0.3, -0.25) is 4.79 Å². The van der Waals surface area contributed by atoms with Gasteiger partial charge >= 0.3 is 0 Å². The molecule has 0 aliphatic heterocycles. The van der Waals surface area contributed by atoms with Gasteiger partial charge in [-0.15, -0.1) is 0 Å². The first-order chi connectivity index (χ1) is 5.65. The van der Waals surface area contributed by atoms with Gasteiger partial charge in [0.1, 0.15) is 0 Å². The van der Waals surface area contributed by atoms with Gasteiger partial charge in [-0.25, -0.2) is 0 Å². The molecule has 1 N–H and O–H groups in total. The van der Waals surface area contributed by atoms with Gasteiger partial charge in [-0.2, -0.15) is 0 Å².